The highest BCUT2D eigenvalue weighted by Crippen LogP contribution is 2.29. The normalized spacial score (nSPS) is 15.9. The summed E-state index contributed by atoms with van der Waals surface area (Å²) in [6.45, 7) is 11.0. The molecule has 0 aromatic rings. The van der Waals surface area contributed by atoms with Gasteiger partial charge in [-0.15, -0.1) is 11.6 Å². The molecule has 0 aliphatic carbocycles. The van der Waals surface area contributed by atoms with E-state index in [0.29, 0.717) is 11.3 Å². The molecule has 0 heterocycles. The summed E-state index contributed by atoms with van der Waals surface area (Å²) in [6, 6.07) is 0. The number of hydrogen-bond donors (Lipinski definition) is 0. The number of rotatable bonds is 2. The molecule has 0 rings (SSSR count). The molecular formula is C9H19Cl. The van der Waals surface area contributed by atoms with Crippen molar-refractivity contribution >= 4 is 11.6 Å². The fourth-order valence-corrected chi connectivity index (χ4v) is 1.12. The lowest BCUT2D eigenvalue weighted by Crippen LogP contribution is -2.22. The molecule has 0 nitrogen and oxygen atoms in total. The van der Waals surface area contributed by atoms with E-state index in [9.17, 15) is 0 Å². The Morgan fingerprint density at radius 1 is 1.20 bits per heavy atom. The minimum Gasteiger partial charge on any atom is -0.122 e. The maximum absolute atomic E-state index is 6.15. The average molecular weight is 163 g/mol. The van der Waals surface area contributed by atoms with E-state index >= 15 is 0 Å². The Morgan fingerprint density at radius 2 is 1.60 bits per heavy atom. The second-order valence-electron chi connectivity index (χ2n) is 4.46. The zero-order valence-corrected chi connectivity index (χ0v) is 8.50. The van der Waals surface area contributed by atoms with Gasteiger partial charge in [0.1, 0.15) is 0 Å². The molecule has 0 aliphatic heterocycles. The van der Waals surface area contributed by atoms with Crippen LogP contribution in [0.2, 0.25) is 0 Å². The van der Waals surface area contributed by atoms with E-state index < -0.39 is 0 Å². The standard InChI is InChI=1S/C9H19Cl/c1-7(2)6-8(10)9(3,4)5/h7-8H,6H2,1-5H3. The lowest BCUT2D eigenvalue weighted by atomic mass is 9.87. The molecule has 10 heavy (non-hydrogen) atoms. The third-order valence-corrected chi connectivity index (χ3v) is 2.45. The first-order chi connectivity index (χ1) is 4.34. The van der Waals surface area contributed by atoms with Crippen molar-refractivity contribution in [2.45, 2.75) is 46.4 Å². The first-order valence-electron chi connectivity index (χ1n) is 3.98. The van der Waals surface area contributed by atoms with Crippen LogP contribution in [-0.4, -0.2) is 5.38 Å². The molecule has 0 aromatic heterocycles. The van der Waals surface area contributed by atoms with Crippen LogP contribution in [0.3, 0.4) is 0 Å². The molecule has 0 N–H and O–H groups in total. The fourth-order valence-electron chi connectivity index (χ4n) is 0.767. The highest BCUT2D eigenvalue weighted by Gasteiger charge is 2.22. The predicted octanol–water partition coefficient (Wildman–Crippen LogP) is 3.69. The Labute approximate surface area is 70.0 Å². The molecule has 0 radical (unpaired) electrons. The van der Waals surface area contributed by atoms with E-state index in [-0.39, 0.29) is 5.41 Å². The average Bonchev–Trinajstić information content (AvgIpc) is 1.60. The Morgan fingerprint density at radius 3 is 1.70 bits per heavy atom. The van der Waals surface area contributed by atoms with Crippen LogP contribution in [-0.2, 0) is 0 Å². The molecule has 1 unspecified atom stereocenters. The van der Waals surface area contributed by atoms with Crippen molar-refractivity contribution in [1.82, 2.24) is 0 Å². The molecule has 1 heteroatoms. The van der Waals surface area contributed by atoms with E-state index in [1.807, 2.05) is 0 Å². The van der Waals surface area contributed by atoms with Gasteiger partial charge >= 0.3 is 0 Å². The number of alkyl halides is 1. The van der Waals surface area contributed by atoms with Gasteiger partial charge in [0.15, 0.2) is 0 Å². The highest BCUT2D eigenvalue weighted by atomic mass is 35.5. The van der Waals surface area contributed by atoms with Crippen molar-refractivity contribution < 1.29 is 0 Å². The van der Waals surface area contributed by atoms with Gasteiger partial charge in [-0.3, -0.25) is 0 Å². The van der Waals surface area contributed by atoms with Gasteiger partial charge in [-0.25, -0.2) is 0 Å². The largest absolute Gasteiger partial charge is 0.122 e. The predicted molar refractivity (Wildman–Crippen MR) is 48.6 cm³/mol. The third kappa shape index (κ3) is 4.16. The first-order valence-corrected chi connectivity index (χ1v) is 4.41. The van der Waals surface area contributed by atoms with Gasteiger partial charge < -0.3 is 0 Å². The van der Waals surface area contributed by atoms with E-state index in [0.717, 1.165) is 6.42 Å². The summed E-state index contributed by atoms with van der Waals surface area (Å²) in [6.07, 6.45) is 1.12. The topological polar surface area (TPSA) is 0 Å². The summed E-state index contributed by atoms with van der Waals surface area (Å²) >= 11 is 6.15. The van der Waals surface area contributed by atoms with Gasteiger partial charge in [-0.1, -0.05) is 34.6 Å². The second kappa shape index (κ2) is 3.61. The quantitative estimate of drug-likeness (QED) is 0.544. The summed E-state index contributed by atoms with van der Waals surface area (Å²) in [4.78, 5) is 0. The molecule has 0 saturated heterocycles. The Hall–Kier alpha value is 0.290. The zero-order valence-electron chi connectivity index (χ0n) is 7.74. The van der Waals surface area contributed by atoms with Crippen molar-refractivity contribution in [2.24, 2.45) is 11.3 Å². The van der Waals surface area contributed by atoms with E-state index in [1.54, 1.807) is 0 Å². The van der Waals surface area contributed by atoms with E-state index in [2.05, 4.69) is 34.6 Å². The van der Waals surface area contributed by atoms with Crippen LogP contribution in [0.5, 0.6) is 0 Å². The van der Waals surface area contributed by atoms with Gasteiger partial charge in [0.25, 0.3) is 0 Å². The van der Waals surface area contributed by atoms with Crippen LogP contribution >= 0.6 is 11.6 Å². The van der Waals surface area contributed by atoms with Crippen LogP contribution in [0.1, 0.15) is 41.0 Å². The van der Waals surface area contributed by atoms with E-state index in [4.69, 9.17) is 11.6 Å². The molecule has 0 spiro atoms. The fraction of sp³-hybridized carbons (Fsp3) is 1.00. The maximum atomic E-state index is 6.15. The van der Waals surface area contributed by atoms with Crippen molar-refractivity contribution in [2.75, 3.05) is 0 Å². The molecule has 62 valence electrons. The molecular weight excluding hydrogens is 144 g/mol. The van der Waals surface area contributed by atoms with Gasteiger partial charge in [-0.2, -0.15) is 0 Å². The van der Waals surface area contributed by atoms with E-state index in [1.165, 1.54) is 0 Å². The number of hydrogen-bond acceptors (Lipinski definition) is 0. The Kier molecular flexibility index (Phi) is 3.72. The lowest BCUT2D eigenvalue weighted by Gasteiger charge is -2.26. The highest BCUT2D eigenvalue weighted by molar-refractivity contribution is 6.21. The summed E-state index contributed by atoms with van der Waals surface area (Å²) in [7, 11) is 0. The van der Waals surface area contributed by atoms with Gasteiger partial charge in [0, 0.05) is 5.38 Å². The van der Waals surface area contributed by atoms with Crippen LogP contribution in [0.4, 0.5) is 0 Å². The van der Waals surface area contributed by atoms with Gasteiger partial charge in [0.2, 0.25) is 0 Å². The summed E-state index contributed by atoms with van der Waals surface area (Å²) < 4.78 is 0. The lowest BCUT2D eigenvalue weighted by molar-refractivity contribution is 0.346. The van der Waals surface area contributed by atoms with Gasteiger partial charge in [0.05, 0.1) is 0 Å². The number of halogens is 1. The molecule has 0 aromatic carbocycles. The summed E-state index contributed by atoms with van der Waals surface area (Å²) in [5, 5.41) is 0.312. The van der Waals surface area contributed by atoms with Crippen LogP contribution in [0, 0.1) is 11.3 Å². The molecule has 0 bridgehead atoms. The third-order valence-electron chi connectivity index (χ3n) is 1.62. The monoisotopic (exact) mass is 162 g/mol. The molecule has 1 atom stereocenters. The summed E-state index contributed by atoms with van der Waals surface area (Å²) in [5.74, 6) is 0.710. The first kappa shape index (κ1) is 10.3. The van der Waals surface area contributed by atoms with Crippen molar-refractivity contribution in [3.05, 3.63) is 0 Å². The van der Waals surface area contributed by atoms with Crippen molar-refractivity contribution in [3.63, 3.8) is 0 Å². The molecule has 0 saturated carbocycles. The smallest absolute Gasteiger partial charge is 0.0386 e. The molecule has 0 fully saturated rings. The summed E-state index contributed by atoms with van der Waals surface area (Å²) in [5.41, 5.74) is 0.256. The minimum absolute atomic E-state index is 0.256. The molecule has 0 amide bonds. The molecule has 0 aliphatic rings. The zero-order chi connectivity index (χ0) is 8.36. The van der Waals surface area contributed by atoms with Crippen LogP contribution in [0.15, 0.2) is 0 Å². The Bertz CT molecular complexity index is 89.4. The Balaban J connectivity index is 3.73. The SMILES string of the molecule is CC(C)CC(Cl)C(C)(C)C. The van der Waals surface area contributed by atoms with Crippen LogP contribution in [0.25, 0.3) is 0 Å². The van der Waals surface area contributed by atoms with Crippen LogP contribution < -0.4 is 0 Å². The van der Waals surface area contributed by atoms with Crippen molar-refractivity contribution in [3.8, 4) is 0 Å². The maximum Gasteiger partial charge on any atom is 0.0386 e. The second-order valence-corrected chi connectivity index (χ2v) is 4.99. The minimum atomic E-state index is 0.256. The van der Waals surface area contributed by atoms with Gasteiger partial charge in [-0.05, 0) is 17.8 Å². The van der Waals surface area contributed by atoms with Crippen molar-refractivity contribution in [1.29, 1.82) is 0 Å².